The molecule has 0 aromatic rings. The van der Waals surface area contributed by atoms with Crippen molar-refractivity contribution in [3.05, 3.63) is 0 Å². The minimum Gasteiger partial charge on any atom is -0.396 e. The number of hydrogen-bond donors (Lipinski definition) is 3. The second kappa shape index (κ2) is 8.53. The van der Waals surface area contributed by atoms with Gasteiger partial charge in [0, 0.05) is 30.5 Å². The molecule has 3 unspecified atom stereocenters. The number of rotatable bonds is 2. The Morgan fingerprint density at radius 3 is 2.34 bits per heavy atom. The molecule has 1 heterocycles. The van der Waals surface area contributed by atoms with Gasteiger partial charge < -0.3 is 20.2 Å². The molecular formula is C27H45NO4. The van der Waals surface area contributed by atoms with Gasteiger partial charge in [0.05, 0.1) is 12.2 Å². The van der Waals surface area contributed by atoms with Crippen LogP contribution < -0.4 is 0 Å². The topological polar surface area (TPSA) is 81.0 Å². The maximum atomic E-state index is 13.7. The average Bonchev–Trinajstić information content (AvgIpc) is 2.80. The number of likely N-dealkylation sites (tertiary alicyclic amines) is 1. The number of hydrogen-bond acceptors (Lipinski definition) is 4. The highest BCUT2D eigenvalue weighted by molar-refractivity contribution is 5.80. The van der Waals surface area contributed by atoms with Crippen LogP contribution in [0.15, 0.2) is 0 Å². The number of carbonyl (C=O) groups excluding carboxylic acids is 1. The molecule has 0 spiro atoms. The summed E-state index contributed by atoms with van der Waals surface area (Å²) in [6.07, 6.45) is 11.6. The Morgan fingerprint density at radius 1 is 0.875 bits per heavy atom. The first-order valence-electron chi connectivity index (χ1n) is 13.6. The number of aliphatic hydroxyl groups excluding tert-OH is 3. The first kappa shape index (κ1) is 23.1. The van der Waals surface area contributed by atoms with E-state index in [4.69, 9.17) is 0 Å². The fraction of sp³-hybridized carbons (Fsp3) is 0.963. The van der Waals surface area contributed by atoms with Crippen LogP contribution in [0, 0.1) is 40.9 Å². The molecule has 4 saturated carbocycles. The molecule has 5 heteroatoms. The summed E-state index contributed by atoms with van der Waals surface area (Å²) in [4.78, 5) is 16.0. The molecule has 0 radical (unpaired) electrons. The van der Waals surface area contributed by atoms with Crippen molar-refractivity contribution in [3.8, 4) is 0 Å². The second-order valence-corrected chi connectivity index (χ2v) is 12.6. The fourth-order valence-corrected chi connectivity index (χ4v) is 9.54. The van der Waals surface area contributed by atoms with Gasteiger partial charge in [-0.3, -0.25) is 4.79 Å². The highest BCUT2D eigenvalue weighted by Gasteiger charge is 2.62. The van der Waals surface area contributed by atoms with Gasteiger partial charge in [-0.25, -0.2) is 0 Å². The van der Waals surface area contributed by atoms with E-state index >= 15 is 0 Å². The summed E-state index contributed by atoms with van der Waals surface area (Å²) in [7, 11) is 0. The third kappa shape index (κ3) is 3.40. The third-order valence-corrected chi connectivity index (χ3v) is 11.2. The van der Waals surface area contributed by atoms with Crippen LogP contribution in [-0.2, 0) is 4.79 Å². The molecule has 5 fully saturated rings. The standard InChI is InChI=1S/C27H45NO4/c1-26-15-18(16-29)23(30)24(31)22(26)11-10-19-20(26)12-13-27(2)21(19)9-6-14-28(27)25(32)17-7-4-3-5-8-17/h17-24,29-31H,3-16H2,1-2H3/t18-,19?,20-,21-,22?,23-,24+,26?,27-/m0/s1. The smallest absolute Gasteiger partial charge is 0.226 e. The Bertz CT molecular complexity index is 708. The van der Waals surface area contributed by atoms with Gasteiger partial charge in [-0.15, -0.1) is 0 Å². The van der Waals surface area contributed by atoms with Crippen molar-refractivity contribution in [2.24, 2.45) is 40.9 Å². The maximum Gasteiger partial charge on any atom is 0.226 e. The summed E-state index contributed by atoms with van der Waals surface area (Å²) < 4.78 is 0. The number of piperidine rings is 1. The highest BCUT2D eigenvalue weighted by atomic mass is 16.3. The summed E-state index contributed by atoms with van der Waals surface area (Å²) >= 11 is 0. The molecule has 9 atom stereocenters. The monoisotopic (exact) mass is 447 g/mol. The van der Waals surface area contributed by atoms with Gasteiger partial charge in [0.2, 0.25) is 5.91 Å². The van der Waals surface area contributed by atoms with Crippen molar-refractivity contribution < 1.29 is 20.1 Å². The molecule has 0 aromatic carbocycles. The van der Waals surface area contributed by atoms with Crippen molar-refractivity contribution in [1.29, 1.82) is 0 Å². The van der Waals surface area contributed by atoms with Gasteiger partial charge in [0.15, 0.2) is 0 Å². The van der Waals surface area contributed by atoms with Crippen molar-refractivity contribution in [1.82, 2.24) is 4.90 Å². The van der Waals surface area contributed by atoms with Gasteiger partial charge in [0.25, 0.3) is 0 Å². The van der Waals surface area contributed by atoms with Crippen molar-refractivity contribution in [2.45, 2.75) is 109 Å². The van der Waals surface area contributed by atoms with E-state index < -0.39 is 12.2 Å². The zero-order valence-electron chi connectivity index (χ0n) is 20.2. The Balaban J connectivity index is 1.40. The van der Waals surface area contributed by atoms with E-state index in [0.717, 1.165) is 57.9 Å². The van der Waals surface area contributed by atoms with Crippen LogP contribution in [0.5, 0.6) is 0 Å². The number of carbonyl (C=O) groups is 1. The molecular weight excluding hydrogens is 402 g/mol. The molecule has 1 aliphatic heterocycles. The van der Waals surface area contributed by atoms with Crippen LogP contribution >= 0.6 is 0 Å². The highest BCUT2D eigenvalue weighted by Crippen LogP contribution is 2.64. The third-order valence-electron chi connectivity index (χ3n) is 11.2. The summed E-state index contributed by atoms with van der Waals surface area (Å²) in [6, 6.07) is 0. The van der Waals surface area contributed by atoms with Gasteiger partial charge in [-0.1, -0.05) is 26.2 Å². The number of nitrogens with zero attached hydrogens (tertiary/aromatic N) is 1. The predicted octanol–water partition coefficient (Wildman–Crippen LogP) is 3.74. The lowest BCUT2D eigenvalue weighted by atomic mass is 9.43. The van der Waals surface area contributed by atoms with Crippen LogP contribution in [-0.4, -0.2) is 57.0 Å². The van der Waals surface area contributed by atoms with E-state index in [0.29, 0.717) is 23.7 Å². The number of aliphatic hydroxyl groups is 3. The molecule has 3 N–H and O–H groups in total. The molecule has 4 aliphatic carbocycles. The molecule has 5 aliphatic rings. The Labute approximate surface area is 194 Å². The van der Waals surface area contributed by atoms with Gasteiger partial charge in [-0.05, 0) is 93.8 Å². The molecule has 5 rings (SSSR count). The normalized spacial score (nSPS) is 49.7. The Hall–Kier alpha value is -0.650. The summed E-state index contributed by atoms with van der Waals surface area (Å²) in [6.45, 7) is 5.60. The van der Waals surface area contributed by atoms with Crippen molar-refractivity contribution in [2.75, 3.05) is 13.2 Å². The van der Waals surface area contributed by atoms with Crippen LogP contribution in [0.3, 0.4) is 0 Å². The summed E-state index contributed by atoms with van der Waals surface area (Å²) in [5, 5.41) is 31.5. The van der Waals surface area contributed by atoms with Crippen molar-refractivity contribution in [3.63, 3.8) is 0 Å². The van der Waals surface area contributed by atoms with Crippen LogP contribution in [0.1, 0.15) is 90.9 Å². The molecule has 1 saturated heterocycles. The fourth-order valence-electron chi connectivity index (χ4n) is 9.54. The largest absolute Gasteiger partial charge is 0.396 e. The summed E-state index contributed by atoms with van der Waals surface area (Å²) in [5.74, 6) is 2.21. The van der Waals surface area contributed by atoms with E-state index in [1.54, 1.807) is 0 Å². The number of fused-ring (bicyclic) bond motifs is 5. The summed E-state index contributed by atoms with van der Waals surface area (Å²) in [5.41, 5.74) is -0.0632. The maximum absolute atomic E-state index is 13.7. The van der Waals surface area contributed by atoms with Crippen molar-refractivity contribution >= 4 is 5.91 Å². The Morgan fingerprint density at radius 2 is 1.62 bits per heavy atom. The zero-order valence-corrected chi connectivity index (χ0v) is 20.2. The molecule has 32 heavy (non-hydrogen) atoms. The van der Waals surface area contributed by atoms with E-state index in [1.807, 2.05) is 0 Å². The first-order valence-corrected chi connectivity index (χ1v) is 13.6. The van der Waals surface area contributed by atoms with Crippen LogP contribution in [0.2, 0.25) is 0 Å². The SMILES string of the molecule is CC12C[C@@H](CO)[C@H](O)[C@H](O)C1CCC1[C@@H]2CC[C@@]2(C)[C@H]1CCCN2C(=O)C1CCCCC1. The minimum absolute atomic E-state index is 0.0275. The van der Waals surface area contributed by atoms with E-state index in [9.17, 15) is 20.1 Å². The van der Waals surface area contributed by atoms with E-state index in [1.165, 1.54) is 25.7 Å². The molecule has 5 nitrogen and oxygen atoms in total. The van der Waals surface area contributed by atoms with Gasteiger partial charge in [0.1, 0.15) is 0 Å². The van der Waals surface area contributed by atoms with Gasteiger partial charge >= 0.3 is 0 Å². The quantitative estimate of drug-likeness (QED) is 0.602. The van der Waals surface area contributed by atoms with E-state index in [2.05, 4.69) is 18.7 Å². The lowest BCUT2D eigenvalue weighted by Crippen LogP contribution is -2.67. The Kier molecular flexibility index (Phi) is 6.16. The number of amides is 1. The lowest BCUT2D eigenvalue weighted by molar-refractivity contribution is -0.205. The first-order chi connectivity index (χ1) is 15.3. The second-order valence-electron chi connectivity index (χ2n) is 12.6. The van der Waals surface area contributed by atoms with Crippen LogP contribution in [0.4, 0.5) is 0 Å². The molecule has 182 valence electrons. The molecule has 0 aromatic heterocycles. The van der Waals surface area contributed by atoms with Gasteiger partial charge in [-0.2, -0.15) is 0 Å². The minimum atomic E-state index is -0.804. The van der Waals surface area contributed by atoms with E-state index in [-0.39, 0.29) is 35.3 Å². The lowest BCUT2D eigenvalue weighted by Gasteiger charge is -2.65. The predicted molar refractivity (Wildman–Crippen MR) is 124 cm³/mol. The molecule has 0 bridgehead atoms. The zero-order chi connectivity index (χ0) is 22.7. The average molecular weight is 448 g/mol. The molecule has 1 amide bonds. The van der Waals surface area contributed by atoms with Crippen LogP contribution in [0.25, 0.3) is 0 Å².